The van der Waals surface area contributed by atoms with Gasteiger partial charge < -0.3 is 15.3 Å². The number of carbonyl (C=O) groups is 2. The lowest BCUT2D eigenvalue weighted by Crippen LogP contribution is -2.32. The largest absolute Gasteiger partial charge is 0.486 e. The molecule has 1 aromatic carbocycles. The van der Waals surface area contributed by atoms with Crippen LogP contribution in [0, 0.1) is 13.8 Å². The summed E-state index contributed by atoms with van der Waals surface area (Å²) in [6.07, 6.45) is -0.783. The lowest BCUT2D eigenvalue weighted by atomic mass is 10.1. The van der Waals surface area contributed by atoms with Gasteiger partial charge in [0, 0.05) is 0 Å². The van der Waals surface area contributed by atoms with E-state index in [0.717, 1.165) is 22.9 Å². The van der Waals surface area contributed by atoms with Crippen LogP contribution in [-0.2, 0) is 16.1 Å². The summed E-state index contributed by atoms with van der Waals surface area (Å²) in [4.78, 5) is 22.8. The van der Waals surface area contributed by atoms with Crippen molar-refractivity contribution in [2.24, 2.45) is 0 Å². The van der Waals surface area contributed by atoms with Crippen LogP contribution in [-0.4, -0.2) is 39.2 Å². The summed E-state index contributed by atoms with van der Waals surface area (Å²) in [6.45, 7) is 5.95. The van der Waals surface area contributed by atoms with E-state index in [1.165, 1.54) is 4.68 Å². The van der Waals surface area contributed by atoms with Crippen molar-refractivity contribution >= 4 is 23.8 Å². The van der Waals surface area contributed by atoms with E-state index in [1.54, 1.807) is 6.92 Å². The maximum absolute atomic E-state index is 11.6. The minimum absolute atomic E-state index is 0.0495. The van der Waals surface area contributed by atoms with E-state index in [4.69, 9.17) is 10.6 Å². The first-order valence-electron chi connectivity index (χ1n) is 7.89. The Kier molecular flexibility index (Phi) is 6.84. The number of carbonyl (C=O) groups excluding carboxylic acids is 2. The maximum atomic E-state index is 11.6. The number of aryl methyl sites for hydroxylation is 2. The Morgan fingerprint density at radius 2 is 1.92 bits per heavy atom. The van der Waals surface area contributed by atoms with Gasteiger partial charge in [0.15, 0.2) is 5.82 Å². The number of nitrogen functional groups attached to an aromatic ring is 1. The van der Waals surface area contributed by atoms with Crippen molar-refractivity contribution in [2.45, 2.75) is 32.5 Å². The zero-order valence-electron chi connectivity index (χ0n) is 14.8. The molecule has 9 nitrogen and oxygen atoms in total. The second-order valence-corrected chi connectivity index (χ2v) is 6.38. The predicted octanol–water partition coefficient (Wildman–Crippen LogP) is 1.55. The number of nitrogens with one attached hydrogen (secondary N) is 1. The van der Waals surface area contributed by atoms with Crippen LogP contribution in [0.4, 0.5) is 4.79 Å². The maximum Gasteiger partial charge on any atom is 0.413 e. The summed E-state index contributed by atoms with van der Waals surface area (Å²) in [5, 5.41) is 10.3. The Balaban J connectivity index is 1.88. The van der Waals surface area contributed by atoms with Gasteiger partial charge in [-0.2, -0.15) is 0 Å². The van der Waals surface area contributed by atoms with E-state index in [-0.39, 0.29) is 19.0 Å². The van der Waals surface area contributed by atoms with Crippen LogP contribution in [0.2, 0.25) is 0 Å². The number of aromatic nitrogens is 3. The molecular formula is C16H21N5O4S. The first-order chi connectivity index (χ1) is 12.4. The van der Waals surface area contributed by atoms with Crippen LogP contribution in [0.1, 0.15) is 23.9 Å². The number of alkyl carbamates (subject to hydrolysis) is 1. The van der Waals surface area contributed by atoms with Gasteiger partial charge in [-0.25, -0.2) is 9.47 Å². The topological polar surface area (TPSA) is 121 Å². The van der Waals surface area contributed by atoms with Gasteiger partial charge in [0.25, 0.3) is 0 Å². The summed E-state index contributed by atoms with van der Waals surface area (Å²) >= 11 is 1.05. The average Bonchev–Trinajstić information content (AvgIpc) is 2.90. The lowest BCUT2D eigenvalue weighted by molar-refractivity contribution is -0.117. The SMILES string of the molecule is CCOC(=O)NC(=O)CSc1nnc(COc2cc(C)cc(C)c2)n1N. The van der Waals surface area contributed by atoms with Crippen LogP contribution in [0.15, 0.2) is 23.4 Å². The van der Waals surface area contributed by atoms with Crippen molar-refractivity contribution in [1.29, 1.82) is 0 Å². The highest BCUT2D eigenvalue weighted by atomic mass is 32.2. The highest BCUT2D eigenvalue weighted by Crippen LogP contribution is 2.18. The number of nitrogens with zero attached hydrogens (tertiary/aromatic N) is 3. The molecule has 0 saturated heterocycles. The fraction of sp³-hybridized carbons (Fsp3) is 0.375. The van der Waals surface area contributed by atoms with Crippen LogP contribution in [0.25, 0.3) is 0 Å². The smallest absolute Gasteiger partial charge is 0.413 e. The molecule has 2 aromatic rings. The Hall–Kier alpha value is -2.75. The molecule has 3 N–H and O–H groups in total. The van der Waals surface area contributed by atoms with E-state index < -0.39 is 12.0 Å². The van der Waals surface area contributed by atoms with Gasteiger partial charge in [-0.15, -0.1) is 10.2 Å². The fourth-order valence-corrected chi connectivity index (χ4v) is 2.79. The molecule has 0 aliphatic rings. The van der Waals surface area contributed by atoms with E-state index in [1.807, 2.05) is 32.0 Å². The molecule has 2 amide bonds. The highest BCUT2D eigenvalue weighted by molar-refractivity contribution is 7.99. The van der Waals surface area contributed by atoms with Crippen molar-refractivity contribution in [3.8, 4) is 5.75 Å². The summed E-state index contributed by atoms with van der Waals surface area (Å²) < 4.78 is 11.6. The van der Waals surface area contributed by atoms with Crippen LogP contribution in [0.3, 0.4) is 0 Å². The molecule has 0 spiro atoms. The normalized spacial score (nSPS) is 10.4. The molecule has 2 rings (SSSR count). The molecule has 26 heavy (non-hydrogen) atoms. The third kappa shape index (κ3) is 5.66. The Morgan fingerprint density at radius 1 is 1.23 bits per heavy atom. The van der Waals surface area contributed by atoms with E-state index in [2.05, 4.69) is 20.3 Å². The van der Waals surface area contributed by atoms with Crippen LogP contribution in [0.5, 0.6) is 5.75 Å². The quantitative estimate of drug-likeness (QED) is 0.549. The summed E-state index contributed by atoms with van der Waals surface area (Å²) in [5.41, 5.74) is 2.19. The first-order valence-corrected chi connectivity index (χ1v) is 8.87. The van der Waals surface area contributed by atoms with Crippen molar-refractivity contribution in [2.75, 3.05) is 18.2 Å². The molecule has 0 bridgehead atoms. The van der Waals surface area contributed by atoms with Crippen molar-refractivity contribution in [1.82, 2.24) is 20.2 Å². The van der Waals surface area contributed by atoms with Gasteiger partial charge in [-0.1, -0.05) is 17.8 Å². The van der Waals surface area contributed by atoms with E-state index in [0.29, 0.717) is 16.7 Å². The Morgan fingerprint density at radius 3 is 2.58 bits per heavy atom. The van der Waals surface area contributed by atoms with Gasteiger partial charge in [0.2, 0.25) is 11.1 Å². The Labute approximate surface area is 155 Å². The number of hydrogen-bond donors (Lipinski definition) is 2. The first kappa shape index (κ1) is 19.6. The molecule has 1 heterocycles. The third-order valence-corrected chi connectivity index (χ3v) is 4.09. The summed E-state index contributed by atoms with van der Waals surface area (Å²) in [5.74, 6) is 6.50. The third-order valence-electron chi connectivity index (χ3n) is 3.15. The average molecular weight is 379 g/mol. The van der Waals surface area contributed by atoms with E-state index >= 15 is 0 Å². The standard InChI is InChI=1S/C16H21N5O4S/c1-4-24-16(23)18-14(22)9-26-15-20-19-13(21(15)17)8-25-12-6-10(2)5-11(3)7-12/h5-7H,4,8-9,17H2,1-3H3,(H,18,22,23). The van der Waals surface area contributed by atoms with Gasteiger partial charge in [-0.05, 0) is 44.0 Å². The molecular weight excluding hydrogens is 358 g/mol. The molecule has 0 saturated carbocycles. The monoisotopic (exact) mass is 379 g/mol. The lowest BCUT2D eigenvalue weighted by Gasteiger charge is -2.08. The molecule has 0 fully saturated rings. The second-order valence-electron chi connectivity index (χ2n) is 5.44. The van der Waals surface area contributed by atoms with Crippen molar-refractivity contribution in [3.63, 3.8) is 0 Å². The zero-order valence-corrected chi connectivity index (χ0v) is 15.6. The Bertz CT molecular complexity index is 773. The molecule has 1 aromatic heterocycles. The number of imide groups is 1. The van der Waals surface area contributed by atoms with Crippen molar-refractivity contribution in [3.05, 3.63) is 35.2 Å². The van der Waals surface area contributed by atoms with E-state index in [9.17, 15) is 9.59 Å². The minimum atomic E-state index is -0.783. The summed E-state index contributed by atoms with van der Waals surface area (Å²) in [7, 11) is 0. The van der Waals surface area contributed by atoms with Gasteiger partial charge in [0.05, 0.1) is 12.4 Å². The number of rotatable bonds is 7. The molecule has 0 aliphatic heterocycles. The molecule has 0 aliphatic carbocycles. The molecule has 140 valence electrons. The number of thioether (sulfide) groups is 1. The molecule has 0 radical (unpaired) electrons. The second kappa shape index (κ2) is 9.09. The predicted molar refractivity (Wildman–Crippen MR) is 96.3 cm³/mol. The van der Waals surface area contributed by atoms with Gasteiger partial charge in [-0.3, -0.25) is 10.1 Å². The van der Waals surface area contributed by atoms with Gasteiger partial charge in [0.1, 0.15) is 12.4 Å². The van der Waals surface area contributed by atoms with Gasteiger partial charge >= 0.3 is 6.09 Å². The summed E-state index contributed by atoms with van der Waals surface area (Å²) in [6, 6.07) is 5.88. The number of benzene rings is 1. The van der Waals surface area contributed by atoms with Crippen LogP contribution >= 0.6 is 11.8 Å². The molecule has 10 heteroatoms. The zero-order chi connectivity index (χ0) is 19.1. The number of nitrogens with two attached hydrogens (primary N) is 1. The minimum Gasteiger partial charge on any atom is -0.486 e. The molecule has 0 atom stereocenters. The van der Waals surface area contributed by atoms with Crippen LogP contribution < -0.4 is 15.9 Å². The fourth-order valence-electron chi connectivity index (χ4n) is 2.12. The number of amides is 2. The number of hydrogen-bond acceptors (Lipinski definition) is 8. The number of ether oxygens (including phenoxy) is 2. The van der Waals surface area contributed by atoms with Crippen molar-refractivity contribution < 1.29 is 19.1 Å². The molecule has 0 unspecified atom stereocenters. The highest BCUT2D eigenvalue weighted by Gasteiger charge is 2.14.